The van der Waals surface area contributed by atoms with Crippen molar-refractivity contribution in [1.29, 1.82) is 0 Å². The second kappa shape index (κ2) is 4.90. The summed E-state index contributed by atoms with van der Waals surface area (Å²) >= 11 is 6.01. The molecule has 0 saturated heterocycles. The normalized spacial score (nSPS) is 10.8. The second-order valence-corrected chi connectivity index (χ2v) is 4.64. The Morgan fingerprint density at radius 3 is 2.76 bits per heavy atom. The van der Waals surface area contributed by atoms with Crippen LogP contribution in [0.25, 0.3) is 0 Å². The Balaban J connectivity index is 2.30. The average molecular weight is 250 g/mol. The van der Waals surface area contributed by atoms with Crippen molar-refractivity contribution in [2.75, 3.05) is 0 Å². The van der Waals surface area contributed by atoms with Crippen molar-refractivity contribution in [3.8, 4) is 0 Å². The number of halogens is 1. The van der Waals surface area contributed by atoms with Crippen LogP contribution in [0.1, 0.15) is 28.3 Å². The van der Waals surface area contributed by atoms with Crippen molar-refractivity contribution < 1.29 is 0 Å². The van der Waals surface area contributed by atoms with E-state index in [1.54, 1.807) is 0 Å². The summed E-state index contributed by atoms with van der Waals surface area (Å²) in [6.45, 7) is 4.54. The smallest absolute Gasteiger partial charge is 0.120 e. The molecule has 1 aromatic heterocycles. The van der Waals surface area contributed by atoms with Crippen LogP contribution in [0.3, 0.4) is 0 Å². The van der Waals surface area contributed by atoms with Crippen LogP contribution < -0.4 is 5.73 Å². The highest BCUT2D eigenvalue weighted by Gasteiger charge is 2.08. The van der Waals surface area contributed by atoms with Gasteiger partial charge in [-0.2, -0.15) is 0 Å². The van der Waals surface area contributed by atoms with Gasteiger partial charge < -0.3 is 10.7 Å². The lowest BCUT2D eigenvalue weighted by atomic mass is 10.0. The van der Waals surface area contributed by atoms with Gasteiger partial charge in [0.25, 0.3) is 0 Å². The van der Waals surface area contributed by atoms with Crippen LogP contribution in [0, 0.1) is 13.8 Å². The molecule has 0 radical (unpaired) electrons. The van der Waals surface area contributed by atoms with Crippen molar-refractivity contribution in [1.82, 2.24) is 9.97 Å². The van der Waals surface area contributed by atoms with E-state index in [2.05, 4.69) is 16.9 Å². The Kier molecular flexibility index (Phi) is 3.50. The molecular formula is C13H16ClN3. The molecule has 0 unspecified atom stereocenters. The van der Waals surface area contributed by atoms with Crippen LogP contribution in [0.4, 0.5) is 0 Å². The number of rotatable bonds is 3. The molecular weight excluding hydrogens is 234 g/mol. The Morgan fingerprint density at radius 1 is 1.35 bits per heavy atom. The van der Waals surface area contributed by atoms with E-state index in [-0.39, 0.29) is 0 Å². The number of hydrogen-bond donors (Lipinski definition) is 2. The van der Waals surface area contributed by atoms with Gasteiger partial charge in [0.15, 0.2) is 0 Å². The van der Waals surface area contributed by atoms with E-state index in [1.165, 1.54) is 11.1 Å². The van der Waals surface area contributed by atoms with Gasteiger partial charge in [-0.15, -0.1) is 0 Å². The van der Waals surface area contributed by atoms with Crippen molar-refractivity contribution in [3.63, 3.8) is 0 Å². The number of aromatic amines is 1. The van der Waals surface area contributed by atoms with Crippen LogP contribution in [0.15, 0.2) is 18.2 Å². The molecule has 3 N–H and O–H groups in total. The fourth-order valence-corrected chi connectivity index (χ4v) is 2.04. The number of nitrogens with zero attached hydrogens (tertiary/aromatic N) is 1. The third-order valence-electron chi connectivity index (χ3n) is 2.90. The van der Waals surface area contributed by atoms with Crippen LogP contribution in [-0.2, 0) is 13.0 Å². The zero-order valence-corrected chi connectivity index (χ0v) is 10.8. The summed E-state index contributed by atoms with van der Waals surface area (Å²) in [5.41, 5.74) is 10.1. The molecule has 17 heavy (non-hydrogen) atoms. The van der Waals surface area contributed by atoms with Gasteiger partial charge in [0.05, 0.1) is 12.2 Å². The Bertz CT molecular complexity index is 531. The monoisotopic (exact) mass is 249 g/mol. The highest BCUT2D eigenvalue weighted by Crippen LogP contribution is 2.19. The van der Waals surface area contributed by atoms with Gasteiger partial charge >= 0.3 is 0 Å². The summed E-state index contributed by atoms with van der Waals surface area (Å²) in [5.74, 6) is 0.831. The maximum absolute atomic E-state index is 6.01. The molecule has 1 heterocycles. The molecule has 0 bridgehead atoms. The predicted octanol–water partition coefficient (Wildman–Crippen LogP) is 2.73. The third-order valence-corrected chi connectivity index (χ3v) is 3.13. The Labute approximate surface area is 106 Å². The van der Waals surface area contributed by atoms with E-state index in [9.17, 15) is 0 Å². The maximum atomic E-state index is 6.01. The van der Waals surface area contributed by atoms with Gasteiger partial charge in [-0.05, 0) is 37.1 Å². The van der Waals surface area contributed by atoms with E-state index < -0.39 is 0 Å². The minimum Gasteiger partial charge on any atom is -0.345 e. The quantitative estimate of drug-likeness (QED) is 0.879. The molecule has 0 fully saturated rings. The fourth-order valence-electron chi connectivity index (χ4n) is 1.84. The van der Waals surface area contributed by atoms with E-state index in [1.807, 2.05) is 25.1 Å². The van der Waals surface area contributed by atoms with Gasteiger partial charge in [0, 0.05) is 17.1 Å². The molecule has 1 aromatic carbocycles. The van der Waals surface area contributed by atoms with Crippen LogP contribution >= 0.6 is 11.6 Å². The van der Waals surface area contributed by atoms with Gasteiger partial charge in [-0.1, -0.05) is 17.7 Å². The SMILES string of the molecule is Cc1ccc(Cl)cc1Cc1nc(CN)[nH]c1C. The molecule has 0 spiro atoms. The van der Waals surface area contributed by atoms with Gasteiger partial charge in [-0.25, -0.2) is 4.98 Å². The fraction of sp³-hybridized carbons (Fsp3) is 0.308. The summed E-state index contributed by atoms with van der Waals surface area (Å²) in [7, 11) is 0. The van der Waals surface area contributed by atoms with Crippen LogP contribution in [-0.4, -0.2) is 9.97 Å². The minimum atomic E-state index is 0.440. The van der Waals surface area contributed by atoms with Gasteiger partial charge in [0.1, 0.15) is 5.82 Å². The first-order chi connectivity index (χ1) is 8.10. The van der Waals surface area contributed by atoms with Crippen LogP contribution in [0.2, 0.25) is 5.02 Å². The van der Waals surface area contributed by atoms with Crippen molar-refractivity contribution in [2.24, 2.45) is 5.73 Å². The lowest BCUT2D eigenvalue weighted by molar-refractivity contribution is 0.934. The topological polar surface area (TPSA) is 54.7 Å². The Morgan fingerprint density at radius 2 is 2.12 bits per heavy atom. The standard InChI is InChI=1S/C13H16ClN3/c1-8-3-4-11(14)5-10(8)6-12-9(2)16-13(7-15)17-12/h3-5H,6-7,15H2,1-2H3,(H,16,17). The largest absolute Gasteiger partial charge is 0.345 e. The van der Waals surface area contributed by atoms with Crippen LogP contribution in [0.5, 0.6) is 0 Å². The number of nitrogens with two attached hydrogens (primary N) is 1. The number of aryl methyl sites for hydroxylation is 2. The number of hydrogen-bond acceptors (Lipinski definition) is 2. The summed E-state index contributed by atoms with van der Waals surface area (Å²) in [5, 5.41) is 0.762. The first-order valence-electron chi connectivity index (χ1n) is 5.59. The second-order valence-electron chi connectivity index (χ2n) is 4.21. The molecule has 2 aromatic rings. The minimum absolute atomic E-state index is 0.440. The maximum Gasteiger partial charge on any atom is 0.120 e. The lowest BCUT2D eigenvalue weighted by Crippen LogP contribution is -1.98. The van der Waals surface area contributed by atoms with Gasteiger partial charge in [0.2, 0.25) is 0 Å². The van der Waals surface area contributed by atoms with E-state index >= 15 is 0 Å². The Hall–Kier alpha value is -1.32. The summed E-state index contributed by atoms with van der Waals surface area (Å²) in [6.07, 6.45) is 0.786. The van der Waals surface area contributed by atoms with E-state index in [0.717, 1.165) is 28.7 Å². The molecule has 0 amide bonds. The number of aromatic nitrogens is 2. The van der Waals surface area contributed by atoms with Crippen molar-refractivity contribution >= 4 is 11.6 Å². The molecule has 3 nitrogen and oxygen atoms in total. The molecule has 0 aliphatic rings. The first kappa shape index (κ1) is 12.1. The molecule has 4 heteroatoms. The van der Waals surface area contributed by atoms with Crippen molar-refractivity contribution in [3.05, 3.63) is 51.6 Å². The number of H-pyrrole nitrogens is 1. The van der Waals surface area contributed by atoms with E-state index in [0.29, 0.717) is 6.54 Å². The molecule has 0 atom stereocenters. The summed E-state index contributed by atoms with van der Waals surface area (Å²) < 4.78 is 0. The molecule has 0 aliphatic heterocycles. The zero-order chi connectivity index (χ0) is 12.4. The summed E-state index contributed by atoms with van der Waals surface area (Å²) in [6, 6.07) is 5.93. The molecule has 0 aliphatic carbocycles. The highest BCUT2D eigenvalue weighted by atomic mass is 35.5. The molecule has 2 rings (SSSR count). The highest BCUT2D eigenvalue weighted by molar-refractivity contribution is 6.30. The number of benzene rings is 1. The average Bonchev–Trinajstić information content (AvgIpc) is 2.65. The molecule has 90 valence electrons. The third kappa shape index (κ3) is 2.68. The number of imidazole rings is 1. The predicted molar refractivity (Wildman–Crippen MR) is 70.2 cm³/mol. The van der Waals surface area contributed by atoms with Crippen molar-refractivity contribution in [2.45, 2.75) is 26.8 Å². The first-order valence-corrected chi connectivity index (χ1v) is 5.97. The lowest BCUT2D eigenvalue weighted by Gasteiger charge is -2.05. The summed E-state index contributed by atoms with van der Waals surface area (Å²) in [4.78, 5) is 7.65. The molecule has 0 saturated carbocycles. The van der Waals surface area contributed by atoms with E-state index in [4.69, 9.17) is 17.3 Å². The number of nitrogens with one attached hydrogen (secondary N) is 1. The zero-order valence-electron chi connectivity index (χ0n) is 10.0. The van der Waals surface area contributed by atoms with Gasteiger partial charge in [-0.3, -0.25) is 0 Å².